The fourth-order valence-corrected chi connectivity index (χ4v) is 2.74. The lowest BCUT2D eigenvalue weighted by atomic mass is 9.99. The molecule has 0 aliphatic carbocycles. The molecule has 0 radical (unpaired) electrons. The average molecular weight is 324 g/mol. The number of hydrogen-bond acceptors (Lipinski definition) is 4. The maximum Gasteiger partial charge on any atom is 0.328 e. The highest BCUT2D eigenvalue weighted by molar-refractivity contribution is 7.18. The van der Waals surface area contributed by atoms with E-state index < -0.39 is 12.0 Å². The first-order valence-electron chi connectivity index (χ1n) is 5.74. The molecule has 0 fully saturated rings. The van der Waals surface area contributed by atoms with Crippen molar-refractivity contribution in [1.29, 1.82) is 0 Å². The van der Waals surface area contributed by atoms with E-state index in [1.165, 1.54) is 13.2 Å². The van der Waals surface area contributed by atoms with Crippen molar-refractivity contribution < 1.29 is 14.3 Å². The third kappa shape index (κ3) is 4.09. The number of nitrogens with one attached hydrogen (secondary N) is 1. The summed E-state index contributed by atoms with van der Waals surface area (Å²) < 4.78 is 5.05. The van der Waals surface area contributed by atoms with Crippen LogP contribution in [0.1, 0.15) is 29.9 Å². The molecule has 1 amide bonds. The lowest BCUT2D eigenvalue weighted by molar-refractivity contribution is -0.144. The fourth-order valence-electron chi connectivity index (χ4n) is 1.47. The molecule has 0 aliphatic rings. The molecule has 1 rings (SSSR count). The number of rotatable bonds is 5. The van der Waals surface area contributed by atoms with Crippen LogP contribution in [-0.2, 0) is 9.53 Å². The predicted octanol–water partition coefficient (Wildman–Crippen LogP) is 3.37. The number of hydrogen-bond donors (Lipinski definition) is 1. The van der Waals surface area contributed by atoms with E-state index in [0.717, 1.165) is 17.8 Å². The van der Waals surface area contributed by atoms with E-state index in [9.17, 15) is 9.59 Å². The number of halogens is 2. The third-order valence-corrected chi connectivity index (χ3v) is 4.69. The van der Waals surface area contributed by atoms with E-state index in [1.54, 1.807) is 0 Å². The summed E-state index contributed by atoms with van der Waals surface area (Å²) in [6.07, 6.45) is 0.742. The highest BCUT2D eigenvalue weighted by Gasteiger charge is 2.27. The van der Waals surface area contributed by atoms with Crippen molar-refractivity contribution >= 4 is 46.4 Å². The zero-order valence-corrected chi connectivity index (χ0v) is 13.2. The summed E-state index contributed by atoms with van der Waals surface area (Å²) in [7, 11) is 1.29. The topological polar surface area (TPSA) is 55.4 Å². The second-order valence-electron chi connectivity index (χ2n) is 4.09. The predicted molar refractivity (Wildman–Crippen MR) is 77.1 cm³/mol. The van der Waals surface area contributed by atoms with Gasteiger partial charge < -0.3 is 10.1 Å². The molecule has 1 unspecified atom stereocenters. The van der Waals surface area contributed by atoms with Gasteiger partial charge in [-0.05, 0) is 12.0 Å². The minimum Gasteiger partial charge on any atom is -0.467 e. The SMILES string of the molecule is CCC(C)[C@H](NC(=O)c1cc(Cl)c(Cl)s1)C(=O)OC. The third-order valence-electron chi connectivity index (χ3n) is 2.82. The van der Waals surface area contributed by atoms with Crippen molar-refractivity contribution in [2.75, 3.05) is 7.11 Å². The van der Waals surface area contributed by atoms with Gasteiger partial charge in [-0.2, -0.15) is 0 Å². The number of thiophene rings is 1. The van der Waals surface area contributed by atoms with Gasteiger partial charge in [0.1, 0.15) is 10.4 Å². The van der Waals surface area contributed by atoms with E-state index in [4.69, 9.17) is 27.9 Å². The Labute approximate surface area is 126 Å². The Morgan fingerprint density at radius 1 is 1.47 bits per heavy atom. The van der Waals surface area contributed by atoms with Crippen LogP contribution in [0.25, 0.3) is 0 Å². The quantitative estimate of drug-likeness (QED) is 0.845. The average Bonchev–Trinajstić information content (AvgIpc) is 2.74. The van der Waals surface area contributed by atoms with Crippen LogP contribution in [0.5, 0.6) is 0 Å². The summed E-state index contributed by atoms with van der Waals surface area (Å²) in [6.45, 7) is 3.81. The second-order valence-corrected chi connectivity index (χ2v) is 6.15. The Morgan fingerprint density at radius 3 is 2.53 bits per heavy atom. The van der Waals surface area contributed by atoms with Gasteiger partial charge in [-0.3, -0.25) is 4.79 Å². The Balaban J connectivity index is 2.84. The molecule has 19 heavy (non-hydrogen) atoms. The fraction of sp³-hybridized carbons (Fsp3) is 0.500. The van der Waals surface area contributed by atoms with E-state index in [1.807, 2.05) is 13.8 Å². The molecule has 2 atom stereocenters. The second kappa shape index (κ2) is 7.12. The molecule has 0 bridgehead atoms. The zero-order valence-electron chi connectivity index (χ0n) is 10.8. The van der Waals surface area contributed by atoms with Crippen LogP contribution >= 0.6 is 34.5 Å². The van der Waals surface area contributed by atoms with Crippen LogP contribution < -0.4 is 5.32 Å². The number of ether oxygens (including phenoxy) is 1. The van der Waals surface area contributed by atoms with Gasteiger partial charge in [0.25, 0.3) is 5.91 Å². The summed E-state index contributed by atoms with van der Waals surface area (Å²) in [5.41, 5.74) is 0. The van der Waals surface area contributed by atoms with Crippen LogP contribution in [0.2, 0.25) is 9.36 Å². The molecule has 106 valence electrons. The minimum absolute atomic E-state index is 0.0256. The molecule has 4 nitrogen and oxygen atoms in total. The number of carbonyl (C=O) groups excluding carboxylic acids is 2. The first-order chi connectivity index (χ1) is 8.90. The largest absolute Gasteiger partial charge is 0.467 e. The Morgan fingerprint density at radius 2 is 2.11 bits per heavy atom. The summed E-state index contributed by atoms with van der Waals surface area (Å²) in [4.78, 5) is 24.1. The molecule has 0 aromatic carbocycles. The van der Waals surface area contributed by atoms with Crippen LogP contribution in [-0.4, -0.2) is 25.0 Å². The molecular formula is C12H15Cl2NO3S. The molecule has 0 saturated heterocycles. The summed E-state index contributed by atoms with van der Waals surface area (Å²) >= 11 is 12.7. The van der Waals surface area contributed by atoms with Crippen molar-refractivity contribution in [2.45, 2.75) is 26.3 Å². The Bertz CT molecular complexity index is 456. The van der Waals surface area contributed by atoms with Gasteiger partial charge in [0, 0.05) is 0 Å². The maximum atomic E-state index is 12.0. The van der Waals surface area contributed by atoms with E-state index >= 15 is 0 Å². The number of methoxy groups -OCH3 is 1. The zero-order chi connectivity index (χ0) is 14.6. The van der Waals surface area contributed by atoms with Crippen molar-refractivity contribution in [1.82, 2.24) is 5.32 Å². The molecule has 1 aromatic rings. The number of amides is 1. The molecule has 0 aliphatic heterocycles. The molecule has 1 aromatic heterocycles. The van der Waals surface area contributed by atoms with Gasteiger partial charge in [0.15, 0.2) is 0 Å². The lowest BCUT2D eigenvalue weighted by Crippen LogP contribution is -2.45. The molecule has 7 heteroatoms. The number of esters is 1. The summed E-state index contributed by atoms with van der Waals surface area (Å²) in [5, 5.41) is 2.98. The van der Waals surface area contributed by atoms with Gasteiger partial charge >= 0.3 is 5.97 Å². The summed E-state index contributed by atoms with van der Waals surface area (Å²) in [5.74, 6) is -0.867. The van der Waals surface area contributed by atoms with Gasteiger partial charge in [-0.1, -0.05) is 43.5 Å². The van der Waals surface area contributed by atoms with Crippen molar-refractivity contribution in [3.05, 3.63) is 20.3 Å². The van der Waals surface area contributed by atoms with Gasteiger partial charge in [0.2, 0.25) is 0 Å². The van der Waals surface area contributed by atoms with Crippen molar-refractivity contribution in [3.8, 4) is 0 Å². The maximum absolute atomic E-state index is 12.0. The molecule has 0 saturated carbocycles. The molecular weight excluding hydrogens is 309 g/mol. The van der Waals surface area contributed by atoms with E-state index in [2.05, 4.69) is 5.32 Å². The molecule has 1 N–H and O–H groups in total. The standard InChI is InChI=1S/C12H15Cl2NO3S/c1-4-6(2)9(12(17)18-3)15-11(16)8-5-7(13)10(14)19-8/h5-6,9H,4H2,1-3H3,(H,15,16)/t6?,9-/m0/s1. The van der Waals surface area contributed by atoms with Gasteiger partial charge in [-0.25, -0.2) is 4.79 Å². The monoisotopic (exact) mass is 323 g/mol. The normalized spacial score (nSPS) is 13.7. The van der Waals surface area contributed by atoms with Crippen molar-refractivity contribution in [3.63, 3.8) is 0 Å². The smallest absolute Gasteiger partial charge is 0.328 e. The Hall–Kier alpha value is -0.780. The van der Waals surface area contributed by atoms with Crippen LogP contribution in [0.4, 0.5) is 0 Å². The lowest BCUT2D eigenvalue weighted by Gasteiger charge is -2.21. The first-order valence-corrected chi connectivity index (χ1v) is 7.31. The molecule has 0 spiro atoms. The molecule has 1 heterocycles. The van der Waals surface area contributed by atoms with Gasteiger partial charge in [0.05, 0.1) is 17.0 Å². The highest BCUT2D eigenvalue weighted by Crippen LogP contribution is 2.31. The van der Waals surface area contributed by atoms with Gasteiger partial charge in [-0.15, -0.1) is 11.3 Å². The number of carbonyl (C=O) groups is 2. The van der Waals surface area contributed by atoms with E-state index in [0.29, 0.717) is 14.2 Å². The van der Waals surface area contributed by atoms with Crippen LogP contribution in [0.15, 0.2) is 6.07 Å². The summed E-state index contributed by atoms with van der Waals surface area (Å²) in [6, 6.07) is 0.802. The first kappa shape index (κ1) is 16.3. The van der Waals surface area contributed by atoms with Crippen LogP contribution in [0.3, 0.4) is 0 Å². The van der Waals surface area contributed by atoms with Crippen molar-refractivity contribution in [2.24, 2.45) is 5.92 Å². The van der Waals surface area contributed by atoms with Crippen LogP contribution in [0, 0.1) is 5.92 Å². The Kier molecular flexibility index (Phi) is 6.10. The van der Waals surface area contributed by atoms with E-state index in [-0.39, 0.29) is 11.8 Å². The highest BCUT2D eigenvalue weighted by atomic mass is 35.5. The minimum atomic E-state index is -0.679.